The molecule has 1 N–H and O–H groups in total. The first-order valence-corrected chi connectivity index (χ1v) is 13.1. The summed E-state index contributed by atoms with van der Waals surface area (Å²) in [6.07, 6.45) is 7.65. The number of halogens is 3. The minimum absolute atomic E-state index is 0.0503. The van der Waals surface area contributed by atoms with Crippen LogP contribution in [0.25, 0.3) is 10.9 Å². The number of anilines is 2. The summed E-state index contributed by atoms with van der Waals surface area (Å²) in [6, 6.07) is 7.69. The monoisotopic (exact) mass is 546 g/mol. The van der Waals surface area contributed by atoms with Crippen molar-refractivity contribution in [2.75, 3.05) is 32.2 Å². The van der Waals surface area contributed by atoms with Gasteiger partial charge in [-0.1, -0.05) is 29.3 Å². The van der Waals surface area contributed by atoms with Crippen molar-refractivity contribution in [3.63, 3.8) is 0 Å². The van der Waals surface area contributed by atoms with Gasteiger partial charge in [0.15, 0.2) is 17.3 Å². The Morgan fingerprint density at radius 1 is 1.14 bits per heavy atom. The van der Waals surface area contributed by atoms with E-state index < -0.39 is 5.82 Å². The Hall–Kier alpha value is -2.65. The number of rotatable bonds is 10. The lowest BCUT2D eigenvalue weighted by Crippen LogP contribution is -2.46. The molecule has 2 aliphatic heterocycles. The molecule has 1 aromatic heterocycles. The van der Waals surface area contributed by atoms with E-state index in [1.165, 1.54) is 31.3 Å². The van der Waals surface area contributed by atoms with Gasteiger partial charge < -0.3 is 19.5 Å². The number of ether oxygens (including phenoxy) is 3. The fourth-order valence-electron chi connectivity index (χ4n) is 5.30. The lowest BCUT2D eigenvalue weighted by atomic mass is 9.99. The smallest absolute Gasteiger partial charge is 0.166 e. The molecule has 2 aliphatic rings. The fraction of sp³-hybridized carbons (Fsp3) is 0.407. The highest BCUT2D eigenvalue weighted by Crippen LogP contribution is 2.41. The minimum Gasteiger partial charge on any atom is -0.487 e. The molecule has 0 aliphatic carbocycles. The number of piperidine rings is 1. The molecule has 0 amide bonds. The average Bonchev–Trinajstić information content (AvgIpc) is 3.12. The molecule has 2 bridgehead atoms. The van der Waals surface area contributed by atoms with Gasteiger partial charge in [-0.05, 0) is 43.9 Å². The van der Waals surface area contributed by atoms with Crippen molar-refractivity contribution in [2.45, 2.75) is 43.9 Å². The van der Waals surface area contributed by atoms with Gasteiger partial charge in [0.1, 0.15) is 24.9 Å². The number of benzene rings is 2. The van der Waals surface area contributed by atoms with Crippen molar-refractivity contribution in [3.8, 4) is 11.5 Å². The maximum atomic E-state index is 14.8. The molecule has 3 atom stereocenters. The first-order chi connectivity index (χ1) is 18.0. The molecule has 0 spiro atoms. The van der Waals surface area contributed by atoms with E-state index in [1.807, 2.05) is 18.2 Å². The van der Waals surface area contributed by atoms with Gasteiger partial charge in [0.2, 0.25) is 0 Å². The number of fused-ring (bicyclic) bond motifs is 3. The Kier molecular flexibility index (Phi) is 8.00. The Balaban J connectivity index is 1.46. The normalized spacial score (nSPS) is 21.2. The van der Waals surface area contributed by atoms with Crippen LogP contribution in [-0.4, -0.2) is 59.9 Å². The van der Waals surface area contributed by atoms with Crippen LogP contribution in [0, 0.1) is 5.82 Å². The molecule has 196 valence electrons. The summed E-state index contributed by atoms with van der Waals surface area (Å²) in [5.41, 5.74) is 0.780. The van der Waals surface area contributed by atoms with Crippen LogP contribution in [0.2, 0.25) is 10.0 Å². The zero-order valence-electron chi connectivity index (χ0n) is 20.6. The molecule has 0 saturated carbocycles. The molecule has 10 heteroatoms. The molecule has 0 unspecified atom stereocenters. The lowest BCUT2D eigenvalue weighted by molar-refractivity contribution is 0.0543. The van der Waals surface area contributed by atoms with Gasteiger partial charge in [0.25, 0.3) is 0 Å². The first-order valence-electron chi connectivity index (χ1n) is 12.3. The van der Waals surface area contributed by atoms with Crippen molar-refractivity contribution in [1.82, 2.24) is 14.9 Å². The predicted molar refractivity (Wildman–Crippen MR) is 144 cm³/mol. The van der Waals surface area contributed by atoms with E-state index in [4.69, 9.17) is 37.4 Å². The molecular weight excluding hydrogens is 518 g/mol. The molecule has 5 rings (SSSR count). The highest BCUT2D eigenvalue weighted by molar-refractivity contribution is 6.42. The van der Waals surface area contributed by atoms with Crippen LogP contribution in [0.1, 0.15) is 25.7 Å². The first kappa shape index (κ1) is 26.0. The number of nitrogens with one attached hydrogen (secondary N) is 1. The molecule has 2 aromatic carbocycles. The maximum Gasteiger partial charge on any atom is 0.166 e. The van der Waals surface area contributed by atoms with Gasteiger partial charge >= 0.3 is 0 Å². The molecule has 7 nitrogen and oxygen atoms in total. The standard InChI is InChI=1S/C27H29Cl2FN4O3/c1-3-8-34-16-4-5-17(34)12-18(11-16)37-24-13-19-22(14-23(24)36-10-9-35-2)31-15-32-27(19)33-21-7-6-20(28)25(29)26(21)30/h3,6-7,13-18H,1,4-5,8-12H2,2H3,(H,31,32,33)/t16-,17+,18-. The summed E-state index contributed by atoms with van der Waals surface area (Å²) in [6.45, 7) is 5.62. The second kappa shape index (κ2) is 11.4. The second-order valence-corrected chi connectivity index (χ2v) is 10.1. The number of hydrogen-bond donors (Lipinski definition) is 1. The SMILES string of the molecule is C=CCN1[C@@H]2CC[C@H]1C[C@H](Oc1cc3c(Nc4ccc(Cl)c(Cl)c4F)ncnc3cc1OCCOC)C2. The highest BCUT2D eigenvalue weighted by Gasteiger charge is 2.41. The van der Waals surface area contributed by atoms with Crippen LogP contribution in [0.15, 0.2) is 43.2 Å². The summed E-state index contributed by atoms with van der Waals surface area (Å²) in [4.78, 5) is 11.3. The Labute approximate surface area is 225 Å². The third-order valence-electron chi connectivity index (χ3n) is 7.01. The van der Waals surface area contributed by atoms with Crippen molar-refractivity contribution < 1.29 is 18.6 Å². The Bertz CT molecular complexity index is 1280. The molecule has 2 saturated heterocycles. The fourth-order valence-corrected chi connectivity index (χ4v) is 5.61. The number of hydrogen-bond acceptors (Lipinski definition) is 7. The van der Waals surface area contributed by atoms with Crippen molar-refractivity contribution in [1.29, 1.82) is 0 Å². The topological polar surface area (TPSA) is 68.7 Å². The maximum absolute atomic E-state index is 14.8. The minimum atomic E-state index is -0.654. The van der Waals surface area contributed by atoms with Crippen LogP contribution in [0.3, 0.4) is 0 Å². The third kappa shape index (κ3) is 5.48. The third-order valence-corrected chi connectivity index (χ3v) is 7.79. The number of methoxy groups -OCH3 is 1. The lowest BCUT2D eigenvalue weighted by Gasteiger charge is -2.38. The quantitative estimate of drug-likeness (QED) is 0.179. The average molecular weight is 547 g/mol. The van der Waals surface area contributed by atoms with Crippen LogP contribution < -0.4 is 14.8 Å². The number of nitrogens with zero attached hydrogens (tertiary/aromatic N) is 3. The molecule has 3 aromatic rings. The van der Waals surface area contributed by atoms with Gasteiger partial charge in [-0.2, -0.15) is 0 Å². The van der Waals surface area contributed by atoms with Gasteiger partial charge in [0, 0.05) is 37.2 Å². The summed E-state index contributed by atoms with van der Waals surface area (Å²) in [5, 5.41) is 3.67. The van der Waals surface area contributed by atoms with Gasteiger partial charge in [-0.3, -0.25) is 4.90 Å². The molecule has 0 radical (unpaired) electrons. The zero-order valence-corrected chi connectivity index (χ0v) is 22.1. The van der Waals surface area contributed by atoms with E-state index in [0.29, 0.717) is 53.5 Å². The largest absolute Gasteiger partial charge is 0.487 e. The van der Waals surface area contributed by atoms with E-state index in [1.54, 1.807) is 7.11 Å². The Morgan fingerprint density at radius 2 is 1.92 bits per heavy atom. The summed E-state index contributed by atoms with van der Waals surface area (Å²) in [5.74, 6) is 0.934. The predicted octanol–water partition coefficient (Wildman–Crippen LogP) is 6.40. The highest BCUT2D eigenvalue weighted by atomic mass is 35.5. The molecular formula is C27H29Cl2FN4O3. The van der Waals surface area contributed by atoms with E-state index in [9.17, 15) is 4.39 Å². The van der Waals surface area contributed by atoms with Crippen LogP contribution >= 0.6 is 23.2 Å². The van der Waals surface area contributed by atoms with E-state index in [0.717, 1.165) is 19.4 Å². The summed E-state index contributed by atoms with van der Waals surface area (Å²) in [7, 11) is 1.63. The Morgan fingerprint density at radius 3 is 2.65 bits per heavy atom. The molecule has 2 fully saturated rings. The van der Waals surface area contributed by atoms with E-state index >= 15 is 0 Å². The molecule has 37 heavy (non-hydrogen) atoms. The zero-order chi connectivity index (χ0) is 25.9. The van der Waals surface area contributed by atoms with Crippen LogP contribution in [0.4, 0.5) is 15.9 Å². The number of aromatic nitrogens is 2. The van der Waals surface area contributed by atoms with Gasteiger partial charge in [0.05, 0.1) is 27.9 Å². The van der Waals surface area contributed by atoms with Gasteiger partial charge in [-0.15, -0.1) is 6.58 Å². The van der Waals surface area contributed by atoms with Crippen molar-refractivity contribution in [2.24, 2.45) is 0 Å². The van der Waals surface area contributed by atoms with Crippen molar-refractivity contribution in [3.05, 3.63) is 59.1 Å². The summed E-state index contributed by atoms with van der Waals surface area (Å²) < 4.78 is 32.5. The molecule has 3 heterocycles. The van der Waals surface area contributed by atoms with Crippen molar-refractivity contribution >= 4 is 45.6 Å². The van der Waals surface area contributed by atoms with Gasteiger partial charge in [-0.25, -0.2) is 14.4 Å². The van der Waals surface area contributed by atoms with Crippen LogP contribution in [0.5, 0.6) is 11.5 Å². The second-order valence-electron chi connectivity index (χ2n) is 9.31. The van der Waals surface area contributed by atoms with Crippen LogP contribution in [-0.2, 0) is 4.74 Å². The van der Waals surface area contributed by atoms with E-state index in [2.05, 4.69) is 26.8 Å². The summed E-state index contributed by atoms with van der Waals surface area (Å²) >= 11 is 12.0. The van der Waals surface area contributed by atoms with E-state index in [-0.39, 0.29) is 21.8 Å².